The van der Waals surface area contributed by atoms with E-state index in [1.807, 2.05) is 4.72 Å². The Morgan fingerprint density at radius 1 is 1.12 bits per heavy atom. The minimum atomic E-state index is -4.71. The van der Waals surface area contributed by atoms with E-state index in [9.17, 15) is 18.0 Å². The highest BCUT2D eigenvalue weighted by Crippen LogP contribution is 2.30. The number of nitrogens with zero attached hydrogens (tertiary/aromatic N) is 1. The molecule has 2 amide bonds. The van der Waals surface area contributed by atoms with Crippen LogP contribution in [0.15, 0.2) is 71.8 Å². The Balaban J connectivity index is 1.50. The van der Waals surface area contributed by atoms with Crippen molar-refractivity contribution in [3.05, 3.63) is 89.1 Å². The number of nitrogens with one attached hydrogen (secondary N) is 2. The van der Waals surface area contributed by atoms with Gasteiger partial charge in [-0.15, -0.1) is 0 Å². The molecule has 0 unspecified atom stereocenters. The number of amides is 2. The Kier molecular flexibility index (Phi) is 4.61. The van der Waals surface area contributed by atoms with E-state index >= 15 is 0 Å². The van der Waals surface area contributed by atoms with Gasteiger partial charge in [-0.2, -0.15) is 0 Å². The van der Waals surface area contributed by atoms with Crippen LogP contribution in [0.4, 0.5) is 10.5 Å². The Hall–Kier alpha value is -4.31. The number of methoxy groups -OCH3 is 1. The molecule has 0 atom stereocenters. The Morgan fingerprint density at radius 2 is 1.93 bits per heavy atom. The van der Waals surface area contributed by atoms with Crippen molar-refractivity contribution >= 4 is 38.6 Å². The van der Waals surface area contributed by atoms with E-state index in [4.69, 9.17) is 27.3 Å². The third-order valence-corrected chi connectivity index (χ3v) is 7.47. The molecule has 2 N–H and O–H groups in total. The number of sulfonamides is 1. The molecule has 41 heavy (non-hydrogen) atoms. The standard InChI is InChI=1S/C31H33N3O6S/c1-20-8-4-7-11-29(20)41(37,38)33-30(35)22-13-12-21(28(17-22)39-3)16-23-19-34(2)27-15-14-24(18-26(23)27)32-31(36)40-25-9-5-6-10-25/h4,7-8,11-15,17-19,25H,5-6,9-10,16H2,1-3H3,(H,32,36)(H,33,35)/i1D3,2D3,9D2,10D2,16D2,25D. The number of aromatic nitrogens is 1. The van der Waals surface area contributed by atoms with Gasteiger partial charge in [0.05, 0.1) is 13.4 Å². The molecule has 1 saturated carbocycles. The molecule has 1 aliphatic rings. The van der Waals surface area contributed by atoms with E-state index in [0.717, 1.165) is 48.2 Å². The molecule has 0 radical (unpaired) electrons. The van der Waals surface area contributed by atoms with Gasteiger partial charge >= 0.3 is 6.09 Å². The van der Waals surface area contributed by atoms with Gasteiger partial charge in [0.15, 0.2) is 0 Å². The molecule has 1 aromatic heterocycles. The summed E-state index contributed by atoms with van der Waals surface area (Å²) < 4.78 is 145. The first kappa shape index (κ1) is 16.2. The summed E-state index contributed by atoms with van der Waals surface area (Å²) in [5.41, 5.74) is -1.44. The first-order valence-corrected chi connectivity index (χ1v) is 13.7. The number of hydrogen-bond donors (Lipinski definition) is 2. The van der Waals surface area contributed by atoms with Crippen LogP contribution in [0.25, 0.3) is 10.9 Å². The lowest BCUT2D eigenvalue weighted by molar-refractivity contribution is 0.0980. The number of carbonyl (C=O) groups excluding carboxylic acids is 2. The maximum atomic E-state index is 13.2. The largest absolute Gasteiger partial charge is 0.496 e. The SMILES string of the molecule is [2H]C([2H])([2H])c1ccccc1S(=O)(=O)NC(=O)c1ccc(C([2H])([2H])c2cn(C([2H])([2H])[2H])c3ccc(NC(=O)OC4([2H])C([2H])([2H])CCC4([2H])[2H])cc23)c(OC)c1. The van der Waals surface area contributed by atoms with E-state index < -0.39 is 71.5 Å². The summed E-state index contributed by atoms with van der Waals surface area (Å²) in [6.07, 6.45) is -11.7. The highest BCUT2D eigenvalue weighted by molar-refractivity contribution is 7.90. The second-order valence-corrected chi connectivity index (χ2v) is 10.5. The molecule has 214 valence electrons. The van der Waals surface area contributed by atoms with Crippen LogP contribution in [-0.4, -0.2) is 38.2 Å². The number of fused-ring (bicyclic) bond motifs is 1. The zero-order valence-corrected chi connectivity index (χ0v) is 22.4. The molecule has 5 rings (SSSR count). The van der Waals surface area contributed by atoms with Gasteiger partial charge in [-0.3, -0.25) is 10.1 Å². The molecular formula is C31H33N3O6S. The quantitative estimate of drug-likeness (QED) is 0.273. The van der Waals surface area contributed by atoms with Crippen LogP contribution < -0.4 is 14.8 Å². The first-order chi connectivity index (χ1) is 24.7. The Labute approximate surface area is 257 Å². The molecule has 0 aliphatic heterocycles. The maximum absolute atomic E-state index is 13.2. The van der Waals surface area contributed by atoms with Crippen molar-refractivity contribution in [3.8, 4) is 5.75 Å². The van der Waals surface area contributed by atoms with Crippen molar-refractivity contribution in [2.24, 2.45) is 6.98 Å². The van der Waals surface area contributed by atoms with Crippen molar-refractivity contribution in [1.29, 1.82) is 0 Å². The summed E-state index contributed by atoms with van der Waals surface area (Å²) in [5, 5.41) is 2.24. The first-order valence-electron chi connectivity index (χ1n) is 18.7. The number of rotatable bonds is 8. The highest BCUT2D eigenvalue weighted by Gasteiger charge is 2.22. The van der Waals surface area contributed by atoms with Crippen molar-refractivity contribution in [2.75, 3.05) is 12.4 Å². The summed E-state index contributed by atoms with van der Waals surface area (Å²) in [5.74, 6) is -1.46. The third kappa shape index (κ3) is 6.22. The monoisotopic (exact) mass is 588 g/mol. The van der Waals surface area contributed by atoms with E-state index in [1.165, 1.54) is 30.3 Å². The molecule has 1 aliphatic carbocycles. The van der Waals surface area contributed by atoms with Crippen LogP contribution in [0.3, 0.4) is 0 Å². The summed E-state index contributed by atoms with van der Waals surface area (Å²) in [6.45, 7) is -5.64. The molecule has 9 nitrogen and oxygen atoms in total. The number of carbonyl (C=O) groups is 2. The number of benzene rings is 3. The smallest absolute Gasteiger partial charge is 0.411 e. The van der Waals surface area contributed by atoms with Gasteiger partial charge in [-0.25, -0.2) is 17.9 Å². The van der Waals surface area contributed by atoms with E-state index in [2.05, 4.69) is 5.32 Å². The second-order valence-electron chi connectivity index (χ2n) is 8.81. The predicted octanol–water partition coefficient (Wildman–Crippen LogP) is 5.70. The number of aryl methyl sites for hydroxylation is 2. The van der Waals surface area contributed by atoms with Gasteiger partial charge in [0.2, 0.25) is 0 Å². The molecule has 0 spiro atoms. The van der Waals surface area contributed by atoms with Gasteiger partial charge in [-0.1, -0.05) is 24.3 Å². The van der Waals surface area contributed by atoms with Crippen LogP contribution in [0.5, 0.6) is 5.75 Å². The van der Waals surface area contributed by atoms with Gasteiger partial charge < -0.3 is 14.0 Å². The topological polar surface area (TPSA) is 116 Å². The number of hydrogen-bond acceptors (Lipinski definition) is 6. The van der Waals surface area contributed by atoms with E-state index in [1.54, 1.807) is 0 Å². The molecular weight excluding hydrogens is 542 g/mol. The van der Waals surface area contributed by atoms with Crippen molar-refractivity contribution in [2.45, 2.75) is 49.8 Å². The predicted molar refractivity (Wildman–Crippen MR) is 157 cm³/mol. The van der Waals surface area contributed by atoms with Crippen LogP contribution in [-0.2, 0) is 28.1 Å². The zero-order chi connectivity index (χ0) is 40.4. The zero-order valence-electron chi connectivity index (χ0n) is 34.6. The fraction of sp³-hybridized carbons (Fsp3) is 0.290. The summed E-state index contributed by atoms with van der Waals surface area (Å²) in [7, 11) is -3.56. The summed E-state index contributed by atoms with van der Waals surface area (Å²) in [6, 6.07) is 11.7. The van der Waals surface area contributed by atoms with Crippen LogP contribution in [0.2, 0.25) is 0 Å². The Bertz CT molecular complexity index is 2240. The van der Waals surface area contributed by atoms with Gasteiger partial charge in [-0.05, 0) is 85.5 Å². The van der Waals surface area contributed by atoms with Crippen molar-refractivity contribution in [3.63, 3.8) is 0 Å². The highest BCUT2D eigenvalue weighted by atomic mass is 32.2. The molecule has 0 bridgehead atoms. The molecule has 1 fully saturated rings. The average molecular weight is 589 g/mol. The normalized spacial score (nSPS) is 22.6. The van der Waals surface area contributed by atoms with Crippen LogP contribution in [0.1, 0.15) is 70.5 Å². The fourth-order valence-electron chi connectivity index (χ4n) is 4.15. The molecule has 3 aromatic carbocycles. The maximum Gasteiger partial charge on any atom is 0.411 e. The minimum absolute atomic E-state index is 0.00859. The molecule has 10 heteroatoms. The third-order valence-electron chi connectivity index (χ3n) is 6.08. The molecule has 0 saturated heterocycles. The number of ether oxygens (including phenoxy) is 2. The molecule has 1 heterocycles. The Morgan fingerprint density at radius 3 is 2.68 bits per heavy atom. The van der Waals surface area contributed by atoms with Crippen LogP contribution >= 0.6 is 0 Å². The summed E-state index contributed by atoms with van der Waals surface area (Å²) in [4.78, 5) is 25.4. The van der Waals surface area contributed by atoms with Gasteiger partial charge in [0, 0.05) is 58.1 Å². The fourth-order valence-corrected chi connectivity index (χ4v) is 5.24. The van der Waals surface area contributed by atoms with Gasteiger partial charge in [0.1, 0.15) is 11.8 Å². The lowest BCUT2D eigenvalue weighted by Crippen LogP contribution is -2.31. The molecule has 4 aromatic rings. The van der Waals surface area contributed by atoms with E-state index in [-0.39, 0.29) is 51.9 Å². The van der Waals surface area contributed by atoms with Crippen molar-refractivity contribution in [1.82, 2.24) is 9.29 Å². The van der Waals surface area contributed by atoms with E-state index in [0.29, 0.717) is 0 Å². The second kappa shape index (κ2) is 11.7. The van der Waals surface area contributed by atoms with Crippen LogP contribution in [0, 0.1) is 6.85 Å². The van der Waals surface area contributed by atoms with Gasteiger partial charge in [0.25, 0.3) is 15.9 Å². The lowest BCUT2D eigenvalue weighted by atomic mass is 10.0. The lowest BCUT2D eigenvalue weighted by Gasteiger charge is -2.13. The van der Waals surface area contributed by atoms with Crippen molar-refractivity contribution < 1.29 is 45.3 Å². The average Bonchev–Trinajstić information content (AvgIpc) is 3.53. The minimum Gasteiger partial charge on any atom is -0.496 e. The number of anilines is 1. The summed E-state index contributed by atoms with van der Waals surface area (Å²) >= 11 is 0.